The lowest BCUT2D eigenvalue weighted by molar-refractivity contribution is -0.437. The minimum atomic E-state index is -3.95. The fourth-order valence-electron chi connectivity index (χ4n) is 7.36. The maximum Gasteiger partial charge on any atom is 0.264 e. The number of allylic oxidation sites excluding steroid dienone is 8. The fourth-order valence-corrected chi connectivity index (χ4v) is 7.93. The Labute approximate surface area is 269 Å². The highest BCUT2D eigenvalue weighted by atomic mass is 32.2. The van der Waals surface area contributed by atoms with E-state index in [9.17, 15) is 13.0 Å². The van der Waals surface area contributed by atoms with E-state index in [1.165, 1.54) is 50.2 Å². The van der Waals surface area contributed by atoms with Crippen LogP contribution in [-0.4, -0.2) is 42.1 Å². The van der Waals surface area contributed by atoms with Crippen LogP contribution >= 0.6 is 0 Å². The summed E-state index contributed by atoms with van der Waals surface area (Å²) >= 11 is 0. The van der Waals surface area contributed by atoms with Crippen molar-refractivity contribution >= 4 is 38.0 Å². The number of fused-ring (bicyclic) bond motifs is 4. The van der Waals surface area contributed by atoms with Crippen LogP contribution in [0.25, 0.3) is 10.8 Å². The summed E-state index contributed by atoms with van der Waals surface area (Å²) in [6, 6.07) is 19.6. The van der Waals surface area contributed by atoms with Gasteiger partial charge in [-0.15, -0.1) is 0 Å². The standard InChI is InChI=1S/C39H46N2O3S/c1-7-26-40-33-25-24-30-19-13-14-20-31(30)37(33)39(5,6)35(40)23-12-10-8-9-11-22-34-38(3,4)36-29(2)18-17-21-32(36)41(34)27-15-16-28-45(42,43)44/h8-14,17-25H,7,15-16,26-28H2,1-6H3/p+1. The van der Waals surface area contributed by atoms with Gasteiger partial charge in [-0.1, -0.05) is 87.5 Å². The number of rotatable bonds is 11. The molecule has 5 nitrogen and oxygen atoms in total. The third kappa shape index (κ3) is 6.49. The molecule has 45 heavy (non-hydrogen) atoms. The van der Waals surface area contributed by atoms with Gasteiger partial charge in [-0.3, -0.25) is 4.55 Å². The minimum Gasteiger partial charge on any atom is -0.344 e. The molecule has 2 aliphatic rings. The molecule has 3 aromatic carbocycles. The number of anilines is 1. The quantitative estimate of drug-likeness (QED) is 0.100. The molecule has 0 saturated heterocycles. The van der Waals surface area contributed by atoms with E-state index >= 15 is 0 Å². The molecule has 2 aliphatic heterocycles. The van der Waals surface area contributed by atoms with Crippen LogP contribution in [0.3, 0.4) is 0 Å². The number of aryl methyl sites for hydroxylation is 1. The van der Waals surface area contributed by atoms with E-state index in [2.05, 4.69) is 148 Å². The molecule has 0 unspecified atom stereocenters. The van der Waals surface area contributed by atoms with Crippen LogP contribution in [0.4, 0.5) is 11.4 Å². The van der Waals surface area contributed by atoms with E-state index in [4.69, 9.17) is 0 Å². The maximum atomic E-state index is 11.2. The molecule has 6 heteroatoms. The molecule has 0 aromatic heterocycles. The molecular weight excluding hydrogens is 577 g/mol. The number of nitrogens with zero attached hydrogens (tertiary/aromatic N) is 2. The van der Waals surface area contributed by atoms with E-state index in [-0.39, 0.29) is 16.6 Å². The summed E-state index contributed by atoms with van der Waals surface area (Å²) in [5, 5.41) is 2.61. The summed E-state index contributed by atoms with van der Waals surface area (Å²) in [4.78, 5) is 2.31. The summed E-state index contributed by atoms with van der Waals surface area (Å²) < 4.78 is 34.1. The van der Waals surface area contributed by atoms with Crippen LogP contribution in [0.5, 0.6) is 0 Å². The Bertz CT molecular complexity index is 1860. The number of benzene rings is 3. The molecule has 0 atom stereocenters. The van der Waals surface area contributed by atoms with E-state index < -0.39 is 10.1 Å². The molecule has 3 aromatic rings. The maximum absolute atomic E-state index is 11.2. The zero-order valence-corrected chi connectivity index (χ0v) is 28.4. The van der Waals surface area contributed by atoms with Gasteiger partial charge in [0.15, 0.2) is 5.71 Å². The molecule has 0 fully saturated rings. The monoisotopic (exact) mass is 623 g/mol. The van der Waals surface area contributed by atoms with Crippen molar-refractivity contribution in [2.75, 3.05) is 23.7 Å². The highest BCUT2D eigenvalue weighted by Crippen LogP contribution is 2.49. The van der Waals surface area contributed by atoms with Crippen LogP contribution in [0.15, 0.2) is 103 Å². The predicted octanol–water partition coefficient (Wildman–Crippen LogP) is 8.95. The highest BCUT2D eigenvalue weighted by molar-refractivity contribution is 7.85. The molecule has 0 amide bonds. The summed E-state index contributed by atoms with van der Waals surface area (Å²) in [6.07, 6.45) is 17.1. The second-order valence-electron chi connectivity index (χ2n) is 13.3. The first-order chi connectivity index (χ1) is 21.4. The first-order valence-electron chi connectivity index (χ1n) is 16.1. The van der Waals surface area contributed by atoms with Gasteiger partial charge < -0.3 is 4.90 Å². The normalized spacial score (nSPS) is 18.4. The second-order valence-corrected chi connectivity index (χ2v) is 14.8. The zero-order valence-electron chi connectivity index (χ0n) is 27.5. The summed E-state index contributed by atoms with van der Waals surface area (Å²) in [6.45, 7) is 15.2. The molecule has 1 N–H and O–H groups in total. The third-order valence-electron chi connectivity index (χ3n) is 9.29. The third-order valence-corrected chi connectivity index (χ3v) is 10.1. The average molecular weight is 624 g/mol. The Morgan fingerprint density at radius 2 is 1.58 bits per heavy atom. The number of hydrogen-bond donors (Lipinski definition) is 1. The van der Waals surface area contributed by atoms with Crippen molar-refractivity contribution in [1.29, 1.82) is 0 Å². The van der Waals surface area contributed by atoms with E-state index in [0.717, 1.165) is 13.0 Å². The van der Waals surface area contributed by atoms with Gasteiger partial charge in [0.2, 0.25) is 5.69 Å². The van der Waals surface area contributed by atoms with Crippen molar-refractivity contribution < 1.29 is 17.5 Å². The predicted molar refractivity (Wildman–Crippen MR) is 190 cm³/mol. The fraction of sp³-hybridized carbons (Fsp3) is 0.359. The van der Waals surface area contributed by atoms with Crippen molar-refractivity contribution in [2.45, 2.75) is 71.6 Å². The lowest BCUT2D eigenvalue weighted by Gasteiger charge is -2.27. The first kappa shape index (κ1) is 32.6. The summed E-state index contributed by atoms with van der Waals surface area (Å²) in [5.41, 5.74) is 8.64. The van der Waals surface area contributed by atoms with Gasteiger partial charge in [0.05, 0.1) is 11.2 Å². The van der Waals surface area contributed by atoms with Gasteiger partial charge in [-0.2, -0.15) is 13.0 Å². The molecule has 0 bridgehead atoms. The highest BCUT2D eigenvalue weighted by Gasteiger charge is 2.45. The van der Waals surface area contributed by atoms with Crippen molar-refractivity contribution in [1.82, 2.24) is 0 Å². The molecule has 0 spiro atoms. The SMILES string of the molecule is CCC[N+]1=C(/C=C/C=C/C=C/C=C2\N(CCCCS(=O)(=O)O)c3cccc(C)c3C2(C)C)C(C)(C)c2c1ccc1ccccc21. The van der Waals surface area contributed by atoms with Gasteiger partial charge in [-0.05, 0) is 73.7 Å². The molecular formula is C39H47N2O3S+. The lowest BCUT2D eigenvalue weighted by atomic mass is 9.79. The topological polar surface area (TPSA) is 60.6 Å². The Morgan fingerprint density at radius 1 is 0.844 bits per heavy atom. The number of hydrogen-bond acceptors (Lipinski definition) is 3. The van der Waals surface area contributed by atoms with Crippen LogP contribution < -0.4 is 4.90 Å². The molecule has 236 valence electrons. The van der Waals surface area contributed by atoms with Crippen LogP contribution in [0, 0.1) is 6.92 Å². The summed E-state index contributed by atoms with van der Waals surface area (Å²) in [7, 11) is -3.95. The van der Waals surface area contributed by atoms with Gasteiger partial charge in [-0.25, -0.2) is 0 Å². The molecule has 0 aliphatic carbocycles. The van der Waals surface area contributed by atoms with Crippen molar-refractivity contribution in [3.63, 3.8) is 0 Å². The van der Waals surface area contributed by atoms with Crippen molar-refractivity contribution in [3.05, 3.63) is 120 Å². The smallest absolute Gasteiger partial charge is 0.264 e. The number of unbranched alkanes of at least 4 members (excludes halogenated alkanes) is 1. The van der Waals surface area contributed by atoms with E-state index in [1.54, 1.807) is 0 Å². The van der Waals surface area contributed by atoms with Gasteiger partial charge in [0, 0.05) is 47.5 Å². The molecule has 0 radical (unpaired) electrons. The van der Waals surface area contributed by atoms with E-state index in [0.29, 0.717) is 19.4 Å². The molecule has 5 rings (SSSR count). The summed E-state index contributed by atoms with van der Waals surface area (Å²) in [5.74, 6) is -0.211. The Hall–Kier alpha value is -3.74. The van der Waals surface area contributed by atoms with Gasteiger partial charge >= 0.3 is 0 Å². The first-order valence-corrected chi connectivity index (χ1v) is 17.7. The Kier molecular flexibility index (Phi) is 9.39. The molecule has 2 heterocycles. The zero-order chi connectivity index (χ0) is 32.4. The molecule has 0 saturated carbocycles. The second kappa shape index (κ2) is 12.9. The largest absolute Gasteiger partial charge is 0.344 e. The van der Waals surface area contributed by atoms with Gasteiger partial charge in [0.1, 0.15) is 6.54 Å². The van der Waals surface area contributed by atoms with Crippen molar-refractivity contribution in [2.24, 2.45) is 0 Å². The van der Waals surface area contributed by atoms with Crippen LogP contribution in [0.1, 0.15) is 70.6 Å². The van der Waals surface area contributed by atoms with Crippen LogP contribution in [0.2, 0.25) is 0 Å². The van der Waals surface area contributed by atoms with Gasteiger partial charge in [0.25, 0.3) is 10.1 Å². The van der Waals surface area contributed by atoms with Crippen molar-refractivity contribution in [3.8, 4) is 0 Å². The van der Waals surface area contributed by atoms with Crippen LogP contribution in [-0.2, 0) is 20.9 Å². The minimum absolute atomic E-state index is 0.109. The Balaban J connectivity index is 1.36. The average Bonchev–Trinajstić information content (AvgIpc) is 3.33. The Morgan fingerprint density at radius 3 is 2.33 bits per heavy atom. The lowest BCUT2D eigenvalue weighted by Crippen LogP contribution is -2.28. The van der Waals surface area contributed by atoms with E-state index in [1.807, 2.05) is 0 Å².